The Morgan fingerprint density at radius 3 is 2.05 bits per heavy atom. The van der Waals surface area contributed by atoms with E-state index in [0.717, 1.165) is 0 Å². The number of carbonyl (C=O) groups excluding carboxylic acids is 1. The lowest BCUT2D eigenvalue weighted by Gasteiger charge is -2.35. The Labute approximate surface area is 129 Å². The van der Waals surface area contributed by atoms with Crippen LogP contribution in [0.5, 0.6) is 0 Å². The van der Waals surface area contributed by atoms with Gasteiger partial charge in [0, 0.05) is 19.0 Å². The number of rotatable bonds is 4. The summed E-state index contributed by atoms with van der Waals surface area (Å²) >= 11 is 0. The van der Waals surface area contributed by atoms with Crippen LogP contribution in [0.1, 0.15) is 45.7 Å². The molecule has 0 radical (unpaired) electrons. The first-order valence-electron chi connectivity index (χ1n) is 7.53. The number of carbonyl (C=O) groups is 1. The highest BCUT2D eigenvalue weighted by molar-refractivity contribution is 5.82. The lowest BCUT2D eigenvalue weighted by atomic mass is 9.82. The van der Waals surface area contributed by atoms with Gasteiger partial charge in [0.1, 0.15) is 0 Å². The minimum Gasteiger partial charge on any atom is -0.344 e. The average molecular weight is 290 g/mol. The van der Waals surface area contributed by atoms with Crippen molar-refractivity contribution in [1.82, 2.24) is 4.90 Å². The third kappa shape index (κ3) is 4.57. The summed E-state index contributed by atoms with van der Waals surface area (Å²) in [5, 5.41) is 0. The van der Waals surface area contributed by atoms with Crippen molar-refractivity contribution in [3.05, 3.63) is 35.4 Å². The SMILES string of the molecule is Cc1ccc(C(C)(C)CN(C)C(=O)[C@@H](N)C(C)(C)C)cc1. The van der Waals surface area contributed by atoms with E-state index in [2.05, 4.69) is 45.0 Å². The van der Waals surface area contributed by atoms with Gasteiger partial charge in [-0.1, -0.05) is 64.4 Å². The van der Waals surface area contributed by atoms with Crippen LogP contribution in [0.25, 0.3) is 0 Å². The highest BCUT2D eigenvalue weighted by Gasteiger charge is 2.32. The Morgan fingerprint density at radius 2 is 1.62 bits per heavy atom. The highest BCUT2D eigenvalue weighted by Crippen LogP contribution is 2.26. The minimum absolute atomic E-state index is 0.00249. The lowest BCUT2D eigenvalue weighted by Crippen LogP contribution is -2.51. The molecule has 1 aromatic carbocycles. The maximum absolute atomic E-state index is 12.5. The minimum atomic E-state index is -0.476. The molecule has 1 aromatic rings. The number of hydrogen-bond acceptors (Lipinski definition) is 2. The van der Waals surface area contributed by atoms with Crippen LogP contribution in [0.2, 0.25) is 0 Å². The van der Waals surface area contributed by atoms with Crippen molar-refractivity contribution in [2.75, 3.05) is 13.6 Å². The van der Waals surface area contributed by atoms with E-state index in [1.807, 2.05) is 27.8 Å². The van der Waals surface area contributed by atoms with E-state index in [1.54, 1.807) is 4.90 Å². The Balaban J connectivity index is 2.83. The van der Waals surface area contributed by atoms with E-state index in [9.17, 15) is 4.79 Å². The van der Waals surface area contributed by atoms with Crippen LogP contribution in [0.4, 0.5) is 0 Å². The van der Waals surface area contributed by atoms with Gasteiger partial charge in [-0.15, -0.1) is 0 Å². The first-order valence-corrected chi connectivity index (χ1v) is 7.53. The molecule has 0 saturated heterocycles. The van der Waals surface area contributed by atoms with Crippen LogP contribution >= 0.6 is 0 Å². The van der Waals surface area contributed by atoms with Gasteiger partial charge >= 0.3 is 0 Å². The monoisotopic (exact) mass is 290 g/mol. The number of aryl methyl sites for hydroxylation is 1. The smallest absolute Gasteiger partial charge is 0.239 e. The van der Waals surface area contributed by atoms with E-state index in [-0.39, 0.29) is 16.7 Å². The van der Waals surface area contributed by atoms with Crippen LogP contribution in [-0.4, -0.2) is 30.4 Å². The molecular weight excluding hydrogens is 260 g/mol. The topological polar surface area (TPSA) is 46.3 Å². The number of hydrogen-bond donors (Lipinski definition) is 1. The van der Waals surface area contributed by atoms with E-state index in [4.69, 9.17) is 5.73 Å². The molecule has 0 aromatic heterocycles. The number of amides is 1. The van der Waals surface area contributed by atoms with Gasteiger partial charge in [0.2, 0.25) is 5.91 Å². The van der Waals surface area contributed by atoms with Gasteiger partial charge in [-0.25, -0.2) is 0 Å². The van der Waals surface area contributed by atoms with Crippen LogP contribution in [0.15, 0.2) is 24.3 Å². The van der Waals surface area contributed by atoms with Gasteiger partial charge in [0.25, 0.3) is 0 Å². The van der Waals surface area contributed by atoms with Crippen LogP contribution in [0, 0.1) is 12.3 Å². The molecule has 0 fully saturated rings. The molecule has 0 spiro atoms. The second-order valence-electron chi connectivity index (χ2n) is 7.79. The summed E-state index contributed by atoms with van der Waals surface area (Å²) < 4.78 is 0. The molecule has 2 N–H and O–H groups in total. The number of benzene rings is 1. The molecule has 1 atom stereocenters. The standard InChI is InChI=1S/C18H30N2O/c1-13-8-10-14(11-9-13)18(5,6)12-20(7)16(21)15(19)17(2,3)4/h8-11,15H,12,19H2,1-7H3/t15-/m1/s1. The number of nitrogens with zero attached hydrogens (tertiary/aromatic N) is 1. The molecule has 0 bridgehead atoms. The zero-order valence-electron chi connectivity index (χ0n) is 14.5. The Bertz CT molecular complexity index is 483. The molecule has 118 valence electrons. The fraction of sp³-hybridized carbons (Fsp3) is 0.611. The quantitative estimate of drug-likeness (QED) is 0.926. The van der Waals surface area contributed by atoms with Gasteiger partial charge in [0.05, 0.1) is 6.04 Å². The van der Waals surface area contributed by atoms with Gasteiger partial charge in [-0.3, -0.25) is 4.79 Å². The van der Waals surface area contributed by atoms with Gasteiger partial charge in [-0.05, 0) is 17.9 Å². The summed E-state index contributed by atoms with van der Waals surface area (Å²) in [6.07, 6.45) is 0. The Kier molecular flexibility index (Phi) is 5.21. The van der Waals surface area contributed by atoms with E-state index in [1.165, 1.54) is 11.1 Å². The van der Waals surface area contributed by atoms with Crippen LogP contribution in [0.3, 0.4) is 0 Å². The Morgan fingerprint density at radius 1 is 1.14 bits per heavy atom. The van der Waals surface area contributed by atoms with Crippen molar-refractivity contribution in [3.63, 3.8) is 0 Å². The zero-order valence-corrected chi connectivity index (χ0v) is 14.5. The predicted molar refractivity (Wildman–Crippen MR) is 89.3 cm³/mol. The van der Waals surface area contributed by atoms with Crippen molar-refractivity contribution >= 4 is 5.91 Å². The van der Waals surface area contributed by atoms with Crippen LogP contribution < -0.4 is 5.73 Å². The van der Waals surface area contributed by atoms with E-state index < -0.39 is 6.04 Å². The molecule has 0 aliphatic heterocycles. The van der Waals surface area contributed by atoms with Crippen LogP contribution in [-0.2, 0) is 10.2 Å². The number of likely N-dealkylation sites (N-methyl/N-ethyl adjacent to an activating group) is 1. The summed E-state index contributed by atoms with van der Waals surface area (Å²) in [7, 11) is 1.84. The average Bonchev–Trinajstić information content (AvgIpc) is 2.35. The van der Waals surface area contributed by atoms with Crippen molar-refractivity contribution < 1.29 is 4.79 Å². The molecule has 0 heterocycles. The van der Waals surface area contributed by atoms with E-state index >= 15 is 0 Å². The van der Waals surface area contributed by atoms with Gasteiger partial charge < -0.3 is 10.6 Å². The fourth-order valence-electron chi connectivity index (χ4n) is 2.37. The summed E-state index contributed by atoms with van der Waals surface area (Å²) in [6, 6.07) is 8.02. The van der Waals surface area contributed by atoms with Crippen molar-refractivity contribution in [2.24, 2.45) is 11.1 Å². The first-order chi connectivity index (χ1) is 9.45. The summed E-state index contributed by atoms with van der Waals surface area (Å²) in [5.41, 5.74) is 8.23. The molecule has 0 unspecified atom stereocenters. The maximum Gasteiger partial charge on any atom is 0.239 e. The van der Waals surface area contributed by atoms with Crippen molar-refractivity contribution in [2.45, 2.75) is 53.0 Å². The molecule has 0 aliphatic carbocycles. The van der Waals surface area contributed by atoms with E-state index in [0.29, 0.717) is 6.54 Å². The fourth-order valence-corrected chi connectivity index (χ4v) is 2.37. The zero-order chi connectivity index (χ0) is 16.4. The summed E-state index contributed by atoms with van der Waals surface area (Å²) in [5.74, 6) is 0.00249. The molecule has 0 saturated carbocycles. The maximum atomic E-state index is 12.5. The summed E-state index contributed by atoms with van der Waals surface area (Å²) in [4.78, 5) is 14.2. The van der Waals surface area contributed by atoms with Gasteiger partial charge in [-0.2, -0.15) is 0 Å². The highest BCUT2D eigenvalue weighted by atomic mass is 16.2. The van der Waals surface area contributed by atoms with Crippen molar-refractivity contribution in [3.8, 4) is 0 Å². The second kappa shape index (κ2) is 6.18. The molecule has 3 nitrogen and oxygen atoms in total. The summed E-state index contributed by atoms with van der Waals surface area (Å²) in [6.45, 7) is 13.0. The third-order valence-electron chi connectivity index (χ3n) is 4.04. The molecular formula is C18H30N2O. The molecule has 3 heteroatoms. The lowest BCUT2D eigenvalue weighted by molar-refractivity contribution is -0.134. The Hall–Kier alpha value is -1.35. The number of nitrogens with two attached hydrogens (primary N) is 1. The second-order valence-corrected chi connectivity index (χ2v) is 7.79. The van der Waals surface area contributed by atoms with Crippen molar-refractivity contribution in [1.29, 1.82) is 0 Å². The van der Waals surface area contributed by atoms with Gasteiger partial charge in [0.15, 0.2) is 0 Å². The normalized spacial score (nSPS) is 13.9. The largest absolute Gasteiger partial charge is 0.344 e. The molecule has 0 aliphatic rings. The molecule has 1 rings (SSSR count). The predicted octanol–water partition coefficient (Wildman–Crippen LogP) is 3.10. The first kappa shape index (κ1) is 17.7. The molecule has 1 amide bonds. The third-order valence-corrected chi connectivity index (χ3v) is 4.04. The molecule has 21 heavy (non-hydrogen) atoms.